The number of aryl methyl sites for hydroxylation is 2. The molecule has 11 heteroatoms. The maximum Gasteiger partial charge on any atom is 0.335 e. The Hall–Kier alpha value is -4.34. The van der Waals surface area contributed by atoms with Crippen LogP contribution in [0.2, 0.25) is 10.0 Å². The van der Waals surface area contributed by atoms with E-state index in [1.54, 1.807) is 32.0 Å². The molecule has 9 nitrogen and oxygen atoms in total. The molecule has 1 saturated heterocycles. The molecule has 0 unspecified atom stereocenters. The number of benzene rings is 3. The largest absolute Gasteiger partial charge is 0.490 e. The third-order valence-corrected chi connectivity index (χ3v) is 6.32. The molecule has 0 saturated carbocycles. The second-order valence-corrected chi connectivity index (χ2v) is 9.70. The van der Waals surface area contributed by atoms with Crippen molar-refractivity contribution in [3.05, 3.63) is 86.9 Å². The van der Waals surface area contributed by atoms with Crippen LogP contribution < -0.4 is 25.0 Å². The van der Waals surface area contributed by atoms with Crippen molar-refractivity contribution in [3.63, 3.8) is 0 Å². The lowest BCUT2D eigenvalue weighted by Gasteiger charge is -2.27. The fourth-order valence-corrected chi connectivity index (χ4v) is 4.44. The summed E-state index contributed by atoms with van der Waals surface area (Å²) in [7, 11) is 0. The van der Waals surface area contributed by atoms with Gasteiger partial charge in [-0.05, 0) is 79.9 Å². The zero-order valence-corrected chi connectivity index (χ0v) is 23.4. The Kier molecular flexibility index (Phi) is 8.77. The SMILES string of the molecule is CCOc1cc(/C=C2\C(=O)NC(=O)N(c3cc(Cl)ccc3C)C2=O)cc(Cl)c1OCC(=O)Nc1cccc(C)c1. The van der Waals surface area contributed by atoms with E-state index in [2.05, 4.69) is 10.6 Å². The maximum atomic E-state index is 13.3. The number of ether oxygens (including phenoxy) is 2. The van der Waals surface area contributed by atoms with Crippen molar-refractivity contribution in [2.75, 3.05) is 23.4 Å². The summed E-state index contributed by atoms with van der Waals surface area (Å²) in [6.07, 6.45) is 1.29. The van der Waals surface area contributed by atoms with Crippen molar-refractivity contribution in [2.45, 2.75) is 20.8 Å². The van der Waals surface area contributed by atoms with E-state index >= 15 is 0 Å². The maximum absolute atomic E-state index is 13.3. The van der Waals surface area contributed by atoms with Crippen LogP contribution in [0.15, 0.2) is 60.2 Å². The summed E-state index contributed by atoms with van der Waals surface area (Å²) in [5.74, 6) is -1.78. The first-order valence-electron chi connectivity index (χ1n) is 12.2. The van der Waals surface area contributed by atoms with Gasteiger partial charge in [0, 0.05) is 10.7 Å². The lowest BCUT2D eigenvalue weighted by molar-refractivity contribution is -0.122. The van der Waals surface area contributed by atoms with Gasteiger partial charge in [0.05, 0.1) is 17.3 Å². The van der Waals surface area contributed by atoms with Crippen LogP contribution in [0.1, 0.15) is 23.6 Å². The summed E-state index contributed by atoms with van der Waals surface area (Å²) in [5, 5.41) is 5.33. The second kappa shape index (κ2) is 12.2. The molecular weight excluding hydrogens is 557 g/mol. The number of rotatable bonds is 8. The van der Waals surface area contributed by atoms with Crippen LogP contribution in [-0.2, 0) is 14.4 Å². The molecule has 1 aliphatic heterocycles. The standard InChI is InChI=1S/C29H25Cl2N3O6/c1-4-39-24-13-18(12-22(31)26(24)40-15-25(35)32-20-7-5-6-16(2)10-20)11-21-27(36)33-29(38)34(28(21)37)23-14-19(30)9-8-17(23)3/h5-14H,4,15H2,1-3H3,(H,32,35)(H,33,36,38)/b21-11+. The van der Waals surface area contributed by atoms with E-state index in [-0.39, 0.29) is 41.0 Å². The molecule has 0 bridgehead atoms. The molecule has 0 aromatic heterocycles. The van der Waals surface area contributed by atoms with Crippen LogP contribution in [0.3, 0.4) is 0 Å². The van der Waals surface area contributed by atoms with Gasteiger partial charge in [-0.25, -0.2) is 9.69 Å². The van der Waals surface area contributed by atoms with E-state index < -0.39 is 23.8 Å². The Balaban J connectivity index is 1.60. The monoisotopic (exact) mass is 581 g/mol. The van der Waals surface area contributed by atoms with Crippen LogP contribution in [0.25, 0.3) is 6.08 Å². The zero-order chi connectivity index (χ0) is 29.0. The topological polar surface area (TPSA) is 114 Å². The molecule has 40 heavy (non-hydrogen) atoms. The van der Waals surface area contributed by atoms with Crippen molar-refractivity contribution in [2.24, 2.45) is 0 Å². The number of urea groups is 1. The van der Waals surface area contributed by atoms with Gasteiger partial charge < -0.3 is 14.8 Å². The molecule has 0 aliphatic carbocycles. The molecule has 5 amide bonds. The summed E-state index contributed by atoms with van der Waals surface area (Å²) in [5.41, 5.74) is 2.50. The summed E-state index contributed by atoms with van der Waals surface area (Å²) < 4.78 is 11.4. The van der Waals surface area contributed by atoms with Gasteiger partial charge in [0.2, 0.25) is 0 Å². The molecule has 206 valence electrons. The van der Waals surface area contributed by atoms with Crippen LogP contribution in [0, 0.1) is 13.8 Å². The lowest BCUT2D eigenvalue weighted by Crippen LogP contribution is -2.54. The normalized spacial score (nSPS) is 14.3. The summed E-state index contributed by atoms with van der Waals surface area (Å²) in [4.78, 5) is 51.9. The van der Waals surface area contributed by atoms with Gasteiger partial charge >= 0.3 is 6.03 Å². The minimum atomic E-state index is -0.891. The van der Waals surface area contributed by atoms with Crippen molar-refractivity contribution in [1.29, 1.82) is 0 Å². The van der Waals surface area contributed by atoms with Gasteiger partial charge in [0.1, 0.15) is 5.57 Å². The molecule has 4 rings (SSSR count). The molecule has 1 aliphatic rings. The first-order valence-corrected chi connectivity index (χ1v) is 13.0. The molecule has 1 fully saturated rings. The van der Waals surface area contributed by atoms with E-state index in [0.717, 1.165) is 10.5 Å². The van der Waals surface area contributed by atoms with Crippen molar-refractivity contribution < 1.29 is 28.7 Å². The van der Waals surface area contributed by atoms with Gasteiger partial charge in [-0.3, -0.25) is 19.7 Å². The minimum Gasteiger partial charge on any atom is -0.490 e. The molecule has 3 aromatic rings. The Labute approximate surface area is 240 Å². The second-order valence-electron chi connectivity index (χ2n) is 8.86. The molecule has 0 atom stereocenters. The molecule has 1 heterocycles. The predicted octanol–water partition coefficient (Wildman–Crippen LogP) is 5.69. The van der Waals surface area contributed by atoms with E-state index in [1.165, 1.54) is 24.3 Å². The predicted molar refractivity (Wildman–Crippen MR) is 153 cm³/mol. The van der Waals surface area contributed by atoms with E-state index in [1.807, 2.05) is 25.1 Å². The number of imide groups is 2. The summed E-state index contributed by atoms with van der Waals surface area (Å²) in [6.45, 7) is 5.28. The van der Waals surface area contributed by atoms with E-state index in [4.69, 9.17) is 32.7 Å². The van der Waals surface area contributed by atoms with Crippen LogP contribution in [0.5, 0.6) is 11.5 Å². The highest BCUT2D eigenvalue weighted by Gasteiger charge is 2.37. The number of nitrogens with zero attached hydrogens (tertiary/aromatic N) is 1. The number of halogens is 2. The van der Waals surface area contributed by atoms with Crippen LogP contribution in [-0.4, -0.2) is 37.0 Å². The summed E-state index contributed by atoms with van der Waals surface area (Å²) >= 11 is 12.6. The Bertz CT molecular complexity index is 1550. The van der Waals surface area contributed by atoms with Crippen molar-refractivity contribution in [1.82, 2.24) is 5.32 Å². The van der Waals surface area contributed by atoms with Crippen LogP contribution in [0.4, 0.5) is 16.2 Å². The number of carbonyl (C=O) groups is 4. The molecule has 3 aromatic carbocycles. The number of barbiturate groups is 1. The Morgan fingerprint density at radius 3 is 2.52 bits per heavy atom. The van der Waals surface area contributed by atoms with Gasteiger partial charge in [-0.2, -0.15) is 0 Å². The fraction of sp³-hybridized carbons (Fsp3) is 0.172. The summed E-state index contributed by atoms with van der Waals surface area (Å²) in [6, 6.07) is 14.2. The highest BCUT2D eigenvalue weighted by atomic mass is 35.5. The lowest BCUT2D eigenvalue weighted by atomic mass is 10.1. The first-order chi connectivity index (χ1) is 19.1. The minimum absolute atomic E-state index is 0.0865. The van der Waals surface area contributed by atoms with Gasteiger partial charge in [-0.1, -0.05) is 41.4 Å². The van der Waals surface area contributed by atoms with E-state index in [0.29, 0.717) is 21.8 Å². The number of nitrogens with one attached hydrogen (secondary N) is 2. The van der Waals surface area contributed by atoms with Crippen molar-refractivity contribution >= 4 is 64.4 Å². The fourth-order valence-electron chi connectivity index (χ4n) is 4.00. The molecule has 2 N–H and O–H groups in total. The van der Waals surface area contributed by atoms with Crippen molar-refractivity contribution in [3.8, 4) is 11.5 Å². The molecular formula is C29H25Cl2N3O6. The highest BCUT2D eigenvalue weighted by Crippen LogP contribution is 2.38. The number of amides is 5. The molecule has 0 radical (unpaired) electrons. The zero-order valence-electron chi connectivity index (χ0n) is 21.8. The highest BCUT2D eigenvalue weighted by molar-refractivity contribution is 6.40. The quantitative estimate of drug-likeness (QED) is 0.261. The third-order valence-electron chi connectivity index (χ3n) is 5.81. The average molecular weight is 582 g/mol. The number of carbonyl (C=O) groups excluding carboxylic acids is 4. The Morgan fingerprint density at radius 2 is 1.80 bits per heavy atom. The van der Waals surface area contributed by atoms with Crippen LogP contribution >= 0.6 is 23.2 Å². The van der Waals surface area contributed by atoms with E-state index in [9.17, 15) is 19.2 Å². The number of hydrogen-bond donors (Lipinski definition) is 2. The third kappa shape index (κ3) is 6.44. The molecule has 0 spiro atoms. The van der Waals surface area contributed by atoms with Gasteiger partial charge in [-0.15, -0.1) is 0 Å². The smallest absolute Gasteiger partial charge is 0.335 e. The van der Waals surface area contributed by atoms with Gasteiger partial charge in [0.15, 0.2) is 18.1 Å². The number of hydrogen-bond acceptors (Lipinski definition) is 6. The number of anilines is 2. The first kappa shape index (κ1) is 28.7. The average Bonchev–Trinajstić information content (AvgIpc) is 2.88. The Morgan fingerprint density at radius 1 is 1.02 bits per heavy atom. The van der Waals surface area contributed by atoms with Gasteiger partial charge in [0.25, 0.3) is 17.7 Å².